The van der Waals surface area contributed by atoms with Crippen LogP contribution in [-0.4, -0.2) is 35.9 Å². The van der Waals surface area contributed by atoms with Gasteiger partial charge >= 0.3 is 11.9 Å². The van der Waals surface area contributed by atoms with Crippen molar-refractivity contribution in [3.63, 3.8) is 0 Å². The number of ether oxygens (including phenoxy) is 2. The molecule has 0 saturated carbocycles. The fourth-order valence-corrected chi connectivity index (χ4v) is 1.70. The summed E-state index contributed by atoms with van der Waals surface area (Å²) in [6, 6.07) is 8.46. The number of hydrogen-bond donors (Lipinski definition) is 1. The van der Waals surface area contributed by atoms with Crippen molar-refractivity contribution in [2.75, 3.05) is 6.61 Å². The van der Waals surface area contributed by atoms with E-state index in [1.807, 2.05) is 0 Å². The van der Waals surface area contributed by atoms with Gasteiger partial charge < -0.3 is 14.6 Å². The maximum Gasteiger partial charge on any atom is 0.338 e. The van der Waals surface area contributed by atoms with Crippen LogP contribution in [0.5, 0.6) is 0 Å². The maximum absolute atomic E-state index is 11.7. The number of esters is 1. The van der Waals surface area contributed by atoms with Crippen molar-refractivity contribution in [1.82, 2.24) is 0 Å². The molecule has 1 fully saturated rings. The predicted molar refractivity (Wildman–Crippen MR) is 57.6 cm³/mol. The maximum atomic E-state index is 11.7. The highest BCUT2D eigenvalue weighted by atomic mass is 16.6. The summed E-state index contributed by atoms with van der Waals surface area (Å²) in [5, 5.41) is 8.85. The molecule has 1 N–H and O–H groups in total. The van der Waals surface area contributed by atoms with Gasteiger partial charge in [-0.3, -0.25) is 0 Å². The van der Waals surface area contributed by atoms with Gasteiger partial charge in [0.05, 0.1) is 12.2 Å². The van der Waals surface area contributed by atoms with E-state index in [0.29, 0.717) is 18.6 Å². The van der Waals surface area contributed by atoms with Gasteiger partial charge in [-0.1, -0.05) is 18.2 Å². The lowest BCUT2D eigenvalue weighted by Gasteiger charge is -2.15. The molecule has 1 aromatic carbocycles. The van der Waals surface area contributed by atoms with Crippen LogP contribution in [0.2, 0.25) is 0 Å². The number of carbonyl (C=O) groups excluding carboxylic acids is 1. The zero-order valence-electron chi connectivity index (χ0n) is 9.04. The molecule has 90 valence electrons. The van der Waals surface area contributed by atoms with E-state index in [9.17, 15) is 9.59 Å². The minimum absolute atomic E-state index is 0.295. The second kappa shape index (κ2) is 4.97. The molecular weight excluding hydrogens is 224 g/mol. The van der Waals surface area contributed by atoms with Crippen LogP contribution in [0.1, 0.15) is 16.8 Å². The predicted octanol–water partition coefficient (Wildman–Crippen LogP) is 1.09. The van der Waals surface area contributed by atoms with E-state index in [4.69, 9.17) is 14.6 Å². The van der Waals surface area contributed by atoms with Crippen LogP contribution in [0.25, 0.3) is 0 Å². The van der Waals surface area contributed by atoms with Crippen molar-refractivity contribution in [2.45, 2.75) is 18.6 Å². The van der Waals surface area contributed by atoms with Crippen LogP contribution in [0, 0.1) is 0 Å². The van der Waals surface area contributed by atoms with E-state index >= 15 is 0 Å². The molecule has 1 heterocycles. The molecule has 2 rings (SSSR count). The third-order valence-corrected chi connectivity index (χ3v) is 2.55. The van der Waals surface area contributed by atoms with E-state index in [-0.39, 0.29) is 0 Å². The fourth-order valence-electron chi connectivity index (χ4n) is 1.70. The van der Waals surface area contributed by atoms with Crippen molar-refractivity contribution in [2.24, 2.45) is 0 Å². The first-order valence-electron chi connectivity index (χ1n) is 5.29. The van der Waals surface area contributed by atoms with E-state index < -0.39 is 24.1 Å². The van der Waals surface area contributed by atoms with Crippen LogP contribution in [0.15, 0.2) is 30.3 Å². The average molecular weight is 236 g/mol. The van der Waals surface area contributed by atoms with Gasteiger partial charge in [0.15, 0.2) is 6.10 Å². The highest BCUT2D eigenvalue weighted by Crippen LogP contribution is 2.19. The third kappa shape index (κ3) is 2.62. The van der Waals surface area contributed by atoms with E-state index in [2.05, 4.69) is 0 Å². The van der Waals surface area contributed by atoms with Crippen LogP contribution < -0.4 is 0 Å². The summed E-state index contributed by atoms with van der Waals surface area (Å²) in [5.41, 5.74) is 0.406. The Labute approximate surface area is 98.0 Å². The van der Waals surface area contributed by atoms with Gasteiger partial charge in [-0.05, 0) is 12.1 Å². The molecule has 1 aliphatic rings. The summed E-state index contributed by atoms with van der Waals surface area (Å²) in [5.74, 6) is -1.62. The Balaban J connectivity index is 2.02. The van der Waals surface area contributed by atoms with E-state index in [1.165, 1.54) is 0 Å². The van der Waals surface area contributed by atoms with Gasteiger partial charge in [0.2, 0.25) is 0 Å². The molecule has 17 heavy (non-hydrogen) atoms. The lowest BCUT2D eigenvalue weighted by atomic mass is 10.2. The van der Waals surface area contributed by atoms with Crippen LogP contribution in [0.4, 0.5) is 0 Å². The molecule has 5 nitrogen and oxygen atoms in total. The zero-order chi connectivity index (χ0) is 12.3. The summed E-state index contributed by atoms with van der Waals surface area (Å²) >= 11 is 0. The number of carbonyl (C=O) groups is 2. The quantitative estimate of drug-likeness (QED) is 0.795. The van der Waals surface area contributed by atoms with Crippen molar-refractivity contribution in [3.05, 3.63) is 35.9 Å². The van der Waals surface area contributed by atoms with Gasteiger partial charge in [0.25, 0.3) is 0 Å². The molecule has 1 aromatic rings. The molecule has 0 spiro atoms. The molecule has 1 saturated heterocycles. The molecule has 1 aliphatic heterocycles. The number of carboxylic acids is 1. The number of aliphatic carboxylic acids is 1. The Kier molecular flexibility index (Phi) is 3.39. The first-order valence-corrected chi connectivity index (χ1v) is 5.29. The molecule has 2 atom stereocenters. The van der Waals surface area contributed by atoms with Crippen LogP contribution in [0.3, 0.4) is 0 Å². The Bertz CT molecular complexity index is 414. The second-order valence-corrected chi connectivity index (χ2v) is 3.73. The second-order valence-electron chi connectivity index (χ2n) is 3.73. The zero-order valence-corrected chi connectivity index (χ0v) is 9.04. The molecule has 0 amide bonds. The van der Waals surface area contributed by atoms with Crippen molar-refractivity contribution in [3.8, 4) is 0 Å². The smallest absolute Gasteiger partial charge is 0.338 e. The van der Waals surface area contributed by atoms with Gasteiger partial charge in [-0.2, -0.15) is 0 Å². The number of benzene rings is 1. The summed E-state index contributed by atoms with van der Waals surface area (Å²) in [6.07, 6.45) is -1.35. The fraction of sp³-hybridized carbons (Fsp3) is 0.333. The average Bonchev–Trinajstić information content (AvgIpc) is 2.78. The minimum Gasteiger partial charge on any atom is -0.479 e. The lowest BCUT2D eigenvalue weighted by Crippen LogP contribution is -2.33. The van der Waals surface area contributed by atoms with Crippen LogP contribution in [-0.2, 0) is 14.3 Å². The van der Waals surface area contributed by atoms with Gasteiger partial charge in [-0.15, -0.1) is 0 Å². The first kappa shape index (κ1) is 11.6. The number of rotatable bonds is 3. The highest BCUT2D eigenvalue weighted by molar-refractivity contribution is 5.89. The Morgan fingerprint density at radius 2 is 2.00 bits per heavy atom. The first-order chi connectivity index (χ1) is 8.18. The van der Waals surface area contributed by atoms with Crippen molar-refractivity contribution in [1.29, 1.82) is 0 Å². The standard InChI is InChI=1S/C12H12O5/c13-11(14)10-9(6-7-16-10)17-12(15)8-4-2-1-3-5-8/h1-5,9-10H,6-7H2,(H,13,14)/t9-,10-/m0/s1. The Hall–Kier alpha value is -1.88. The minimum atomic E-state index is -1.10. The molecule has 0 radical (unpaired) electrons. The molecule has 0 aliphatic carbocycles. The molecule has 0 bridgehead atoms. The Morgan fingerprint density at radius 1 is 1.29 bits per heavy atom. The van der Waals surface area contributed by atoms with E-state index in [0.717, 1.165) is 0 Å². The topological polar surface area (TPSA) is 72.8 Å². The monoisotopic (exact) mass is 236 g/mol. The van der Waals surface area contributed by atoms with Crippen molar-refractivity contribution >= 4 is 11.9 Å². The summed E-state index contributed by atoms with van der Waals surface area (Å²) in [6.45, 7) is 0.295. The largest absolute Gasteiger partial charge is 0.479 e. The SMILES string of the molecule is O=C(O[C@H]1CCO[C@@H]1C(=O)O)c1ccccc1. The third-order valence-electron chi connectivity index (χ3n) is 2.55. The summed E-state index contributed by atoms with van der Waals surface area (Å²) in [4.78, 5) is 22.5. The summed E-state index contributed by atoms with van der Waals surface area (Å²) in [7, 11) is 0. The highest BCUT2D eigenvalue weighted by Gasteiger charge is 2.37. The van der Waals surface area contributed by atoms with Crippen molar-refractivity contribution < 1.29 is 24.2 Å². The summed E-state index contributed by atoms with van der Waals surface area (Å²) < 4.78 is 10.1. The molecule has 0 aromatic heterocycles. The molecule has 5 heteroatoms. The van der Waals surface area contributed by atoms with Gasteiger partial charge in [-0.25, -0.2) is 9.59 Å². The molecule has 0 unspecified atom stereocenters. The molecular formula is C12H12O5. The van der Waals surface area contributed by atoms with Gasteiger partial charge in [0.1, 0.15) is 6.10 Å². The van der Waals surface area contributed by atoms with Crippen LogP contribution >= 0.6 is 0 Å². The number of carboxylic acid groups (broad SMARTS) is 1. The Morgan fingerprint density at radius 3 is 2.65 bits per heavy atom. The van der Waals surface area contributed by atoms with E-state index in [1.54, 1.807) is 30.3 Å². The van der Waals surface area contributed by atoms with Gasteiger partial charge in [0, 0.05) is 6.42 Å². The number of hydrogen-bond acceptors (Lipinski definition) is 4. The normalized spacial score (nSPS) is 23.3. The lowest BCUT2D eigenvalue weighted by molar-refractivity contribution is -0.151.